The number of ketones is 1. The second kappa shape index (κ2) is 8.03. The van der Waals surface area contributed by atoms with E-state index in [-0.39, 0.29) is 17.6 Å². The quantitative estimate of drug-likeness (QED) is 0.516. The number of hydrogen-bond acceptors (Lipinski definition) is 6. The standard InChI is InChI=1S/C23H28O6/c1-7-8-16-12-23(28-6)13(2)19(20(21(16)25)22(23)29-14(3)24)15-9-10-17(26-4)18(11-15)27-5/h7,9-13,19-20,22H,1,8H2,2-6H3/t13-,19+,20-,22?,23+/m1/s1. The molecule has 0 radical (unpaired) electrons. The highest BCUT2D eigenvalue weighted by Gasteiger charge is 2.65. The van der Waals surface area contributed by atoms with Crippen molar-refractivity contribution in [3.63, 3.8) is 0 Å². The minimum atomic E-state index is -0.888. The van der Waals surface area contributed by atoms with Gasteiger partial charge in [0, 0.05) is 25.9 Å². The number of ether oxygens (including phenoxy) is 4. The number of carbonyl (C=O) groups excluding carboxylic acids is 2. The van der Waals surface area contributed by atoms with Crippen LogP contribution in [0, 0.1) is 11.8 Å². The summed E-state index contributed by atoms with van der Waals surface area (Å²) in [6.45, 7) is 7.15. The Bertz CT molecular complexity index is 857. The van der Waals surface area contributed by atoms with Crippen molar-refractivity contribution in [3.05, 3.63) is 48.1 Å². The Morgan fingerprint density at radius 1 is 1.17 bits per heavy atom. The van der Waals surface area contributed by atoms with Gasteiger partial charge in [-0.25, -0.2) is 0 Å². The van der Waals surface area contributed by atoms with Gasteiger partial charge in [-0.2, -0.15) is 0 Å². The van der Waals surface area contributed by atoms with Crippen LogP contribution in [0.3, 0.4) is 0 Å². The summed E-state index contributed by atoms with van der Waals surface area (Å²) in [4.78, 5) is 25.3. The number of Topliss-reactive ketones (excluding diaryl/α,β-unsaturated/α-hetero) is 1. The molecule has 0 heterocycles. The summed E-state index contributed by atoms with van der Waals surface area (Å²) in [7, 11) is 4.75. The van der Waals surface area contributed by atoms with Gasteiger partial charge in [0.15, 0.2) is 17.3 Å². The van der Waals surface area contributed by atoms with Gasteiger partial charge in [-0.15, -0.1) is 6.58 Å². The van der Waals surface area contributed by atoms with Crippen molar-refractivity contribution >= 4 is 11.8 Å². The van der Waals surface area contributed by atoms with E-state index in [0.29, 0.717) is 23.5 Å². The van der Waals surface area contributed by atoms with Crippen LogP contribution < -0.4 is 9.47 Å². The van der Waals surface area contributed by atoms with Gasteiger partial charge in [0.25, 0.3) is 0 Å². The van der Waals surface area contributed by atoms with Crippen LogP contribution in [0.5, 0.6) is 11.5 Å². The largest absolute Gasteiger partial charge is 0.493 e. The molecule has 6 heteroatoms. The minimum Gasteiger partial charge on any atom is -0.493 e. The second-order valence-electron chi connectivity index (χ2n) is 7.57. The first-order valence-electron chi connectivity index (χ1n) is 9.65. The number of fused-ring (bicyclic) bond motifs is 2. The second-order valence-corrected chi connectivity index (χ2v) is 7.57. The lowest BCUT2D eigenvalue weighted by Gasteiger charge is -2.38. The highest BCUT2D eigenvalue weighted by atomic mass is 16.6. The molecule has 156 valence electrons. The van der Waals surface area contributed by atoms with Crippen molar-refractivity contribution in [2.75, 3.05) is 21.3 Å². The lowest BCUT2D eigenvalue weighted by Crippen LogP contribution is -2.50. The Hall–Kier alpha value is -2.60. The molecule has 0 N–H and O–H groups in total. The van der Waals surface area contributed by atoms with Gasteiger partial charge in [0.2, 0.25) is 0 Å². The van der Waals surface area contributed by atoms with Gasteiger partial charge in [-0.3, -0.25) is 9.59 Å². The predicted octanol–water partition coefficient (Wildman–Crippen LogP) is 3.46. The zero-order valence-electron chi connectivity index (χ0n) is 17.6. The summed E-state index contributed by atoms with van der Waals surface area (Å²) >= 11 is 0. The Balaban J connectivity index is 2.17. The maximum absolute atomic E-state index is 13.4. The summed E-state index contributed by atoms with van der Waals surface area (Å²) in [5.74, 6) is -0.160. The number of carbonyl (C=O) groups is 2. The highest BCUT2D eigenvalue weighted by Crippen LogP contribution is 2.58. The van der Waals surface area contributed by atoms with Crippen molar-refractivity contribution < 1.29 is 28.5 Å². The molecular weight excluding hydrogens is 372 g/mol. The van der Waals surface area contributed by atoms with Gasteiger partial charge in [-0.05, 0) is 35.8 Å². The smallest absolute Gasteiger partial charge is 0.303 e. The molecule has 2 aliphatic carbocycles. The van der Waals surface area contributed by atoms with Crippen LogP contribution in [-0.2, 0) is 19.1 Å². The predicted molar refractivity (Wildman–Crippen MR) is 108 cm³/mol. The molecule has 0 aliphatic heterocycles. The summed E-state index contributed by atoms with van der Waals surface area (Å²) in [5, 5.41) is 0. The Morgan fingerprint density at radius 3 is 2.41 bits per heavy atom. The molecule has 3 rings (SSSR count). The van der Waals surface area contributed by atoms with Gasteiger partial charge in [0.05, 0.1) is 20.1 Å². The third-order valence-corrected chi connectivity index (χ3v) is 6.23. The molecule has 1 aromatic rings. The maximum atomic E-state index is 13.4. The van der Waals surface area contributed by atoms with Crippen molar-refractivity contribution in [3.8, 4) is 11.5 Å². The van der Waals surface area contributed by atoms with Crippen molar-refractivity contribution in [2.45, 2.75) is 37.9 Å². The number of benzene rings is 1. The third-order valence-electron chi connectivity index (χ3n) is 6.23. The molecule has 5 atom stereocenters. The number of rotatable bonds is 7. The molecule has 29 heavy (non-hydrogen) atoms. The Morgan fingerprint density at radius 2 is 1.86 bits per heavy atom. The molecule has 2 bridgehead atoms. The van der Waals surface area contributed by atoms with Crippen LogP contribution in [0.4, 0.5) is 0 Å². The lowest BCUT2D eigenvalue weighted by molar-refractivity contribution is -0.166. The topological polar surface area (TPSA) is 71.1 Å². The average Bonchev–Trinajstić information content (AvgIpc) is 2.88. The maximum Gasteiger partial charge on any atom is 0.303 e. The molecule has 1 saturated carbocycles. The normalized spacial score (nSPS) is 30.5. The summed E-state index contributed by atoms with van der Waals surface area (Å²) in [6, 6.07) is 5.64. The molecule has 1 aromatic carbocycles. The molecular formula is C23H28O6. The van der Waals surface area contributed by atoms with Crippen LogP contribution >= 0.6 is 0 Å². The minimum absolute atomic E-state index is 0.0343. The number of esters is 1. The van der Waals surface area contributed by atoms with E-state index in [1.807, 2.05) is 31.2 Å². The van der Waals surface area contributed by atoms with Crippen LogP contribution in [0.25, 0.3) is 0 Å². The molecule has 0 aromatic heterocycles. The van der Waals surface area contributed by atoms with E-state index in [1.54, 1.807) is 27.4 Å². The Labute approximate surface area is 171 Å². The van der Waals surface area contributed by atoms with Gasteiger partial charge < -0.3 is 18.9 Å². The molecule has 0 saturated heterocycles. The number of methoxy groups -OCH3 is 3. The van der Waals surface area contributed by atoms with E-state index in [9.17, 15) is 9.59 Å². The molecule has 1 unspecified atom stereocenters. The first-order valence-corrected chi connectivity index (χ1v) is 9.65. The summed E-state index contributed by atoms with van der Waals surface area (Å²) in [6.07, 6.45) is 3.29. The van der Waals surface area contributed by atoms with Gasteiger partial charge >= 0.3 is 5.97 Å². The van der Waals surface area contributed by atoms with Crippen LogP contribution in [0.15, 0.2) is 42.5 Å². The third kappa shape index (κ3) is 3.25. The van der Waals surface area contributed by atoms with E-state index in [4.69, 9.17) is 18.9 Å². The van der Waals surface area contributed by atoms with Crippen LogP contribution in [0.2, 0.25) is 0 Å². The van der Waals surface area contributed by atoms with Gasteiger partial charge in [-0.1, -0.05) is 19.1 Å². The van der Waals surface area contributed by atoms with E-state index >= 15 is 0 Å². The first-order chi connectivity index (χ1) is 13.8. The van der Waals surface area contributed by atoms with Crippen LogP contribution in [-0.4, -0.2) is 44.8 Å². The summed E-state index contributed by atoms with van der Waals surface area (Å²) in [5.41, 5.74) is 0.670. The zero-order chi connectivity index (χ0) is 21.3. The van der Waals surface area contributed by atoms with Crippen molar-refractivity contribution in [1.29, 1.82) is 0 Å². The molecule has 6 nitrogen and oxygen atoms in total. The fourth-order valence-corrected chi connectivity index (χ4v) is 4.97. The van der Waals surface area contributed by atoms with Crippen LogP contribution in [0.1, 0.15) is 31.7 Å². The fraction of sp³-hybridized carbons (Fsp3) is 0.478. The average molecular weight is 400 g/mol. The van der Waals surface area contributed by atoms with E-state index < -0.39 is 23.6 Å². The van der Waals surface area contributed by atoms with E-state index in [0.717, 1.165) is 5.56 Å². The number of hydrogen-bond donors (Lipinski definition) is 0. The van der Waals surface area contributed by atoms with Crippen molar-refractivity contribution in [1.82, 2.24) is 0 Å². The fourth-order valence-electron chi connectivity index (χ4n) is 4.97. The van der Waals surface area contributed by atoms with Crippen molar-refractivity contribution in [2.24, 2.45) is 11.8 Å². The van der Waals surface area contributed by atoms with E-state index in [2.05, 4.69) is 6.58 Å². The SMILES string of the molecule is C=CCC1=C[C@@]2(OC)C(OC(C)=O)[C@@H](C1=O)[C@H](c1ccc(OC)c(OC)c1)[C@H]2C. The molecule has 0 amide bonds. The number of allylic oxidation sites excluding steroid dienone is 2. The van der Waals surface area contributed by atoms with Gasteiger partial charge in [0.1, 0.15) is 11.7 Å². The first kappa shape index (κ1) is 21.1. The molecule has 1 fully saturated rings. The molecule has 0 spiro atoms. The van der Waals surface area contributed by atoms with E-state index in [1.165, 1.54) is 6.92 Å². The highest BCUT2D eigenvalue weighted by molar-refractivity contribution is 6.01. The summed E-state index contributed by atoms with van der Waals surface area (Å²) < 4.78 is 22.5. The lowest BCUT2D eigenvalue weighted by atomic mass is 9.78. The molecule has 2 aliphatic rings. The zero-order valence-corrected chi connectivity index (χ0v) is 17.6. The Kier molecular flexibility index (Phi) is 5.85. The monoisotopic (exact) mass is 400 g/mol.